The maximum atomic E-state index is 10.4. The van der Waals surface area contributed by atoms with Gasteiger partial charge in [0.25, 0.3) is 0 Å². The van der Waals surface area contributed by atoms with Gasteiger partial charge >= 0.3 is 5.69 Å². The fraction of sp³-hybridized carbons (Fsp3) is 0.636. The molecule has 1 aromatic heterocycles. The molecule has 0 aliphatic carbocycles. The van der Waals surface area contributed by atoms with E-state index in [2.05, 4.69) is 14.7 Å². The Morgan fingerprint density at radius 3 is 2.32 bits per heavy atom. The Balaban J connectivity index is 0.000000224. The van der Waals surface area contributed by atoms with Crippen molar-refractivity contribution in [2.45, 2.75) is 37.3 Å². The van der Waals surface area contributed by atoms with Crippen LogP contribution in [0.1, 0.15) is 5.56 Å². The normalized spacial score (nSPS) is 31.3. The number of aliphatic hydroxyl groups excluding tert-OH is 6. The fourth-order valence-corrected chi connectivity index (χ4v) is 1.64. The van der Waals surface area contributed by atoms with Gasteiger partial charge in [-0.15, -0.1) is 0 Å². The van der Waals surface area contributed by atoms with Crippen molar-refractivity contribution < 1.29 is 35.4 Å². The van der Waals surface area contributed by atoms with Crippen molar-refractivity contribution >= 4 is 5.82 Å². The lowest BCUT2D eigenvalue weighted by atomic mass is 10.00. The quantitative estimate of drug-likeness (QED) is 0.263. The van der Waals surface area contributed by atoms with Crippen molar-refractivity contribution in [3.8, 4) is 0 Å². The number of nitrogens with one attached hydrogen (secondary N) is 1. The highest BCUT2D eigenvalue weighted by atomic mass is 16.6. The van der Waals surface area contributed by atoms with Crippen molar-refractivity contribution in [1.29, 1.82) is 0 Å². The van der Waals surface area contributed by atoms with E-state index in [1.54, 1.807) is 0 Å². The van der Waals surface area contributed by atoms with Crippen LogP contribution in [0.5, 0.6) is 0 Å². The predicted octanol–water partition coefficient (Wildman–Crippen LogP) is -4.38. The molecule has 5 atom stereocenters. The van der Waals surface area contributed by atoms with Gasteiger partial charge in [0.05, 0.1) is 13.2 Å². The Morgan fingerprint density at radius 2 is 1.82 bits per heavy atom. The van der Waals surface area contributed by atoms with E-state index in [1.165, 1.54) is 6.20 Å². The average Bonchev–Trinajstić information content (AvgIpc) is 2.49. The minimum Gasteiger partial charge on any atom is -0.394 e. The van der Waals surface area contributed by atoms with E-state index < -0.39 is 43.0 Å². The molecule has 1 aromatic rings. The summed E-state index contributed by atoms with van der Waals surface area (Å²) in [5, 5.41) is 53.2. The second kappa shape index (κ2) is 8.14. The van der Waals surface area contributed by atoms with Crippen LogP contribution in [0, 0.1) is 0 Å². The highest BCUT2D eigenvalue weighted by Gasteiger charge is 2.42. The summed E-state index contributed by atoms with van der Waals surface area (Å²) >= 11 is 0. The number of hydrogen-bond donors (Lipinski definition) is 8. The Kier molecular flexibility index (Phi) is 6.83. The van der Waals surface area contributed by atoms with Crippen LogP contribution in [0.2, 0.25) is 0 Å². The minimum absolute atomic E-state index is 0.169. The first-order chi connectivity index (χ1) is 10.3. The molecule has 0 radical (unpaired) electrons. The second-order valence-electron chi connectivity index (χ2n) is 4.50. The Bertz CT molecular complexity index is 520. The molecule has 0 amide bonds. The van der Waals surface area contributed by atoms with Crippen molar-refractivity contribution in [3.63, 3.8) is 0 Å². The number of H-pyrrole nitrogens is 1. The monoisotopic (exact) mass is 321 g/mol. The van der Waals surface area contributed by atoms with Gasteiger partial charge in [0.2, 0.25) is 0 Å². The number of aromatic amines is 1. The zero-order chi connectivity index (χ0) is 16.9. The zero-order valence-electron chi connectivity index (χ0n) is 11.4. The number of nitrogens with two attached hydrogens (primary N) is 1. The largest absolute Gasteiger partial charge is 0.394 e. The summed E-state index contributed by atoms with van der Waals surface area (Å²) in [6.07, 6.45) is -5.80. The summed E-state index contributed by atoms with van der Waals surface area (Å²) in [5.41, 5.74) is 5.20. The van der Waals surface area contributed by atoms with Crippen molar-refractivity contribution in [2.75, 3.05) is 12.3 Å². The summed E-state index contributed by atoms with van der Waals surface area (Å²) in [6, 6.07) is 0. The topological polar surface area (TPSA) is 202 Å². The van der Waals surface area contributed by atoms with Crippen LogP contribution < -0.4 is 11.4 Å². The van der Waals surface area contributed by atoms with Gasteiger partial charge in [-0.25, -0.2) is 9.78 Å². The minimum atomic E-state index is -1.57. The van der Waals surface area contributed by atoms with Crippen molar-refractivity contribution in [1.82, 2.24) is 9.97 Å². The van der Waals surface area contributed by atoms with Crippen molar-refractivity contribution in [3.05, 3.63) is 22.2 Å². The maximum absolute atomic E-state index is 10.4. The molecule has 0 spiro atoms. The molecule has 9 N–H and O–H groups in total. The molecule has 1 fully saturated rings. The van der Waals surface area contributed by atoms with Crippen LogP contribution in [0.3, 0.4) is 0 Å². The molecule has 0 aromatic carbocycles. The van der Waals surface area contributed by atoms with E-state index in [-0.39, 0.29) is 12.4 Å². The van der Waals surface area contributed by atoms with E-state index in [4.69, 9.17) is 36.4 Å². The van der Waals surface area contributed by atoms with Crippen LogP contribution in [-0.4, -0.2) is 77.9 Å². The van der Waals surface area contributed by atoms with Crippen LogP contribution in [-0.2, 0) is 11.3 Å². The highest BCUT2D eigenvalue weighted by Crippen LogP contribution is 2.18. The lowest BCUT2D eigenvalue weighted by molar-refractivity contribution is -0.286. The molecule has 22 heavy (non-hydrogen) atoms. The SMILES string of the molecule is Nc1[nH]c(=O)ncc1CO.OC[C@H]1O[C@@H](O)[C@H](O)[C@@H](O)[C@@H]1O. The third-order valence-electron chi connectivity index (χ3n) is 2.96. The van der Waals surface area contributed by atoms with Gasteiger partial charge in [0.15, 0.2) is 6.29 Å². The van der Waals surface area contributed by atoms with E-state index in [1.807, 2.05) is 0 Å². The third kappa shape index (κ3) is 4.45. The molecular formula is C11H19N3O8. The first kappa shape index (κ1) is 18.4. The number of nitrogens with zero attached hydrogens (tertiary/aromatic N) is 1. The van der Waals surface area contributed by atoms with E-state index in [0.717, 1.165) is 0 Å². The van der Waals surface area contributed by atoms with Gasteiger partial charge in [-0.2, -0.15) is 0 Å². The summed E-state index contributed by atoms with van der Waals surface area (Å²) in [6.45, 7) is -0.738. The van der Waals surface area contributed by atoms with Gasteiger partial charge in [0.1, 0.15) is 30.2 Å². The average molecular weight is 321 g/mol. The summed E-state index contributed by atoms with van der Waals surface area (Å²) in [7, 11) is 0. The van der Waals surface area contributed by atoms with Crippen LogP contribution in [0.15, 0.2) is 11.0 Å². The smallest absolute Gasteiger partial charge is 0.346 e. The van der Waals surface area contributed by atoms with Gasteiger partial charge in [0, 0.05) is 11.8 Å². The van der Waals surface area contributed by atoms with Gasteiger partial charge in [-0.05, 0) is 0 Å². The highest BCUT2D eigenvalue weighted by molar-refractivity contribution is 5.35. The molecular weight excluding hydrogens is 302 g/mol. The Morgan fingerprint density at radius 1 is 1.18 bits per heavy atom. The molecule has 11 heteroatoms. The molecule has 2 rings (SSSR count). The number of aromatic nitrogens is 2. The molecule has 11 nitrogen and oxygen atoms in total. The molecule has 2 heterocycles. The number of aliphatic hydroxyl groups is 6. The van der Waals surface area contributed by atoms with Crippen molar-refractivity contribution in [2.24, 2.45) is 0 Å². The van der Waals surface area contributed by atoms with E-state index in [0.29, 0.717) is 5.56 Å². The number of anilines is 1. The molecule has 126 valence electrons. The molecule has 0 unspecified atom stereocenters. The summed E-state index contributed by atoms with van der Waals surface area (Å²) in [4.78, 5) is 16.0. The molecule has 1 aliphatic rings. The second-order valence-corrected chi connectivity index (χ2v) is 4.50. The number of nitrogen functional groups attached to an aromatic ring is 1. The van der Waals surface area contributed by atoms with Crippen LogP contribution in [0.4, 0.5) is 5.82 Å². The van der Waals surface area contributed by atoms with Crippen LogP contribution in [0.25, 0.3) is 0 Å². The van der Waals surface area contributed by atoms with Gasteiger partial charge < -0.3 is 41.1 Å². The summed E-state index contributed by atoms with van der Waals surface area (Å²) in [5.74, 6) is 0.169. The number of ether oxygens (including phenoxy) is 1. The zero-order valence-corrected chi connectivity index (χ0v) is 11.4. The molecule has 0 bridgehead atoms. The summed E-state index contributed by atoms with van der Waals surface area (Å²) < 4.78 is 4.58. The van der Waals surface area contributed by atoms with Gasteiger partial charge in [-0.1, -0.05) is 0 Å². The first-order valence-electron chi connectivity index (χ1n) is 6.25. The van der Waals surface area contributed by atoms with Gasteiger partial charge in [-0.3, -0.25) is 4.98 Å². The Hall–Kier alpha value is -1.60. The van der Waals surface area contributed by atoms with E-state index in [9.17, 15) is 4.79 Å². The van der Waals surface area contributed by atoms with E-state index >= 15 is 0 Å². The first-order valence-corrected chi connectivity index (χ1v) is 6.25. The standard InChI is InChI=1S/C6H12O6.C5H7N3O2/c7-1-2-3(8)4(9)5(10)6(11)12-2;6-4-3(2-9)1-7-5(10)8-4/h2-11H,1H2;1,9H,2H2,(H3,6,7,8,10)/t2-,3-,4+,5-,6-;/m1./s1. The number of rotatable bonds is 2. The maximum Gasteiger partial charge on any atom is 0.346 e. The molecule has 0 saturated carbocycles. The lowest BCUT2D eigenvalue weighted by Gasteiger charge is -2.37. The third-order valence-corrected chi connectivity index (χ3v) is 2.96. The molecule has 1 aliphatic heterocycles. The molecule has 1 saturated heterocycles. The Labute approximate surface area is 124 Å². The van der Waals surface area contributed by atoms with Crippen LogP contribution >= 0.6 is 0 Å². The number of hydrogen-bond acceptors (Lipinski definition) is 10. The lowest BCUT2D eigenvalue weighted by Crippen LogP contribution is -2.58. The predicted molar refractivity (Wildman–Crippen MR) is 71.2 cm³/mol. The fourth-order valence-electron chi connectivity index (χ4n) is 1.64.